The van der Waals surface area contributed by atoms with E-state index < -0.39 is 17.4 Å². The van der Waals surface area contributed by atoms with E-state index in [1.165, 1.54) is 6.07 Å². The van der Waals surface area contributed by atoms with Gasteiger partial charge < -0.3 is 9.30 Å². The molecule has 0 bridgehead atoms. The van der Waals surface area contributed by atoms with Crippen LogP contribution in [0.2, 0.25) is 0 Å². The highest BCUT2D eigenvalue weighted by Crippen LogP contribution is 2.31. The van der Waals surface area contributed by atoms with Gasteiger partial charge in [0.05, 0.1) is 12.1 Å². The Bertz CT molecular complexity index is 632. The minimum Gasteiger partial charge on any atom is -0.382 e. The Morgan fingerprint density at radius 1 is 1.20 bits per heavy atom. The maximum Gasteiger partial charge on any atom is 0.433 e. The summed E-state index contributed by atoms with van der Waals surface area (Å²) >= 11 is 0. The minimum atomic E-state index is -4.47. The van der Waals surface area contributed by atoms with Crippen molar-refractivity contribution in [3.8, 4) is 0 Å². The second kappa shape index (κ2) is 4.73. The number of nitrogens with zero attached hydrogens (tertiary/aromatic N) is 3. The quantitative estimate of drug-likeness (QED) is 0.870. The number of halogens is 3. The summed E-state index contributed by atoms with van der Waals surface area (Å²) in [7, 11) is 1.55. The predicted molar refractivity (Wildman–Crippen MR) is 68.5 cm³/mol. The van der Waals surface area contributed by atoms with Crippen LogP contribution in [0.3, 0.4) is 0 Å². The van der Waals surface area contributed by atoms with Crippen molar-refractivity contribution in [2.24, 2.45) is 0 Å². The second-order valence-corrected chi connectivity index (χ2v) is 5.28. The summed E-state index contributed by atoms with van der Waals surface area (Å²) in [6, 6.07) is 2.29. The van der Waals surface area contributed by atoms with E-state index in [2.05, 4.69) is 9.97 Å². The van der Waals surface area contributed by atoms with Crippen LogP contribution in [-0.4, -0.2) is 28.3 Å². The van der Waals surface area contributed by atoms with E-state index in [1.54, 1.807) is 18.6 Å². The van der Waals surface area contributed by atoms with Crippen molar-refractivity contribution >= 4 is 11.2 Å². The summed E-state index contributed by atoms with van der Waals surface area (Å²) in [6.45, 7) is 5.82. The molecule has 20 heavy (non-hydrogen) atoms. The molecule has 2 aromatic rings. The molecule has 0 atom stereocenters. The highest BCUT2D eigenvalue weighted by Gasteiger charge is 2.34. The first-order valence-electron chi connectivity index (χ1n) is 6.09. The number of fused-ring (bicyclic) bond motifs is 1. The first-order chi connectivity index (χ1) is 9.16. The first-order valence-corrected chi connectivity index (χ1v) is 6.09. The van der Waals surface area contributed by atoms with Crippen molar-refractivity contribution < 1.29 is 17.9 Å². The number of imidazole rings is 1. The Morgan fingerprint density at radius 3 is 2.40 bits per heavy atom. The number of rotatable bonds is 3. The van der Waals surface area contributed by atoms with Crippen LogP contribution in [0.25, 0.3) is 11.2 Å². The van der Waals surface area contributed by atoms with Crippen LogP contribution in [0.1, 0.15) is 25.4 Å². The van der Waals surface area contributed by atoms with Crippen molar-refractivity contribution in [2.45, 2.75) is 32.5 Å². The Balaban J connectivity index is 2.68. The number of aromatic nitrogens is 3. The number of aryl methyl sites for hydroxylation is 1. The maximum atomic E-state index is 12.8. The van der Waals surface area contributed by atoms with Crippen molar-refractivity contribution in [1.82, 2.24) is 14.5 Å². The van der Waals surface area contributed by atoms with E-state index in [4.69, 9.17) is 4.74 Å². The smallest absolute Gasteiger partial charge is 0.382 e. The van der Waals surface area contributed by atoms with E-state index in [1.807, 2.05) is 13.8 Å². The van der Waals surface area contributed by atoms with Crippen LogP contribution < -0.4 is 0 Å². The zero-order valence-corrected chi connectivity index (χ0v) is 11.7. The van der Waals surface area contributed by atoms with Gasteiger partial charge in [0.25, 0.3) is 0 Å². The van der Waals surface area contributed by atoms with E-state index in [0.29, 0.717) is 17.9 Å². The molecule has 0 saturated heterocycles. The number of hydrogen-bond donors (Lipinski definition) is 0. The number of hydrogen-bond acceptors (Lipinski definition) is 3. The molecule has 2 rings (SSSR count). The molecular weight excluding hydrogens is 271 g/mol. The number of alkyl halides is 3. The standard InChI is InChI=1S/C13H16F3N3O/c1-8-17-9-5-6-10(13(14,15)16)18-11(9)19(8)12(2,3)7-20-4/h5-6H,7H2,1-4H3. The third-order valence-corrected chi connectivity index (χ3v) is 3.07. The monoisotopic (exact) mass is 287 g/mol. The molecule has 0 radical (unpaired) electrons. The molecule has 7 heteroatoms. The lowest BCUT2D eigenvalue weighted by atomic mass is 10.1. The second-order valence-electron chi connectivity index (χ2n) is 5.28. The summed E-state index contributed by atoms with van der Waals surface area (Å²) in [5, 5.41) is 0. The van der Waals surface area contributed by atoms with Crippen LogP contribution >= 0.6 is 0 Å². The fraction of sp³-hybridized carbons (Fsp3) is 0.538. The fourth-order valence-electron chi connectivity index (χ4n) is 2.37. The van der Waals surface area contributed by atoms with Gasteiger partial charge in [-0.3, -0.25) is 0 Å². The van der Waals surface area contributed by atoms with Gasteiger partial charge in [0.2, 0.25) is 0 Å². The minimum absolute atomic E-state index is 0.222. The summed E-state index contributed by atoms with van der Waals surface area (Å²) in [5.41, 5.74) is -0.788. The molecule has 0 fully saturated rings. The number of pyridine rings is 1. The van der Waals surface area contributed by atoms with Gasteiger partial charge in [0.1, 0.15) is 17.0 Å². The zero-order chi connectivity index (χ0) is 15.1. The summed E-state index contributed by atoms with van der Waals surface area (Å²) in [4.78, 5) is 8.00. The molecule has 0 aliphatic carbocycles. The molecule has 2 aromatic heterocycles. The molecule has 0 amide bonds. The molecule has 0 spiro atoms. The van der Waals surface area contributed by atoms with Crippen LogP contribution in [-0.2, 0) is 16.5 Å². The summed E-state index contributed by atoms with van der Waals surface area (Å²) in [5.74, 6) is 0.605. The van der Waals surface area contributed by atoms with Crippen molar-refractivity contribution in [3.63, 3.8) is 0 Å². The largest absolute Gasteiger partial charge is 0.433 e. The highest BCUT2D eigenvalue weighted by atomic mass is 19.4. The molecule has 2 heterocycles. The predicted octanol–water partition coefficient (Wildman–Crippen LogP) is 3.14. The lowest BCUT2D eigenvalue weighted by Crippen LogP contribution is -2.32. The number of methoxy groups -OCH3 is 1. The molecule has 0 aliphatic rings. The van der Waals surface area contributed by atoms with Gasteiger partial charge in [-0.25, -0.2) is 9.97 Å². The maximum absolute atomic E-state index is 12.8. The van der Waals surface area contributed by atoms with Crippen LogP contribution in [0.4, 0.5) is 13.2 Å². The van der Waals surface area contributed by atoms with Gasteiger partial charge >= 0.3 is 6.18 Å². The normalized spacial score (nSPS) is 13.2. The lowest BCUT2D eigenvalue weighted by Gasteiger charge is -2.27. The van der Waals surface area contributed by atoms with Crippen molar-refractivity contribution in [3.05, 3.63) is 23.7 Å². The average Bonchev–Trinajstić information content (AvgIpc) is 2.62. The zero-order valence-electron chi connectivity index (χ0n) is 11.7. The van der Waals surface area contributed by atoms with Crippen molar-refractivity contribution in [1.29, 1.82) is 0 Å². The van der Waals surface area contributed by atoms with Crippen molar-refractivity contribution in [2.75, 3.05) is 13.7 Å². The summed E-state index contributed by atoms with van der Waals surface area (Å²) in [6.07, 6.45) is -4.47. The van der Waals surface area contributed by atoms with Gasteiger partial charge in [-0.15, -0.1) is 0 Å². The Morgan fingerprint density at radius 2 is 1.85 bits per heavy atom. The molecule has 4 nitrogen and oxygen atoms in total. The summed E-state index contributed by atoms with van der Waals surface area (Å²) < 4.78 is 45.2. The third kappa shape index (κ3) is 2.49. The Kier molecular flexibility index (Phi) is 3.49. The molecule has 0 N–H and O–H groups in total. The molecule has 0 aliphatic heterocycles. The van der Waals surface area contributed by atoms with Gasteiger partial charge in [-0.05, 0) is 32.9 Å². The Hall–Kier alpha value is -1.63. The molecule has 0 unspecified atom stereocenters. The van der Waals surface area contributed by atoms with Gasteiger partial charge in [-0.1, -0.05) is 0 Å². The molecular formula is C13H16F3N3O. The SMILES string of the molecule is COCC(C)(C)n1c(C)nc2ccc(C(F)(F)F)nc21. The Labute approximate surface area is 114 Å². The first kappa shape index (κ1) is 14.8. The van der Waals surface area contributed by atoms with Crippen LogP contribution in [0, 0.1) is 6.92 Å². The van der Waals surface area contributed by atoms with Gasteiger partial charge in [-0.2, -0.15) is 13.2 Å². The number of ether oxygens (including phenoxy) is 1. The molecule has 0 aromatic carbocycles. The van der Waals surface area contributed by atoms with E-state index >= 15 is 0 Å². The lowest BCUT2D eigenvalue weighted by molar-refractivity contribution is -0.141. The molecule has 110 valence electrons. The van der Waals surface area contributed by atoms with Gasteiger partial charge in [0, 0.05) is 7.11 Å². The van der Waals surface area contributed by atoms with Crippen LogP contribution in [0.5, 0.6) is 0 Å². The molecule has 0 saturated carbocycles. The fourth-order valence-corrected chi connectivity index (χ4v) is 2.37. The van der Waals surface area contributed by atoms with Crippen LogP contribution in [0.15, 0.2) is 12.1 Å². The average molecular weight is 287 g/mol. The highest BCUT2D eigenvalue weighted by molar-refractivity contribution is 5.72. The van der Waals surface area contributed by atoms with E-state index in [-0.39, 0.29) is 5.65 Å². The van der Waals surface area contributed by atoms with Gasteiger partial charge in [0.15, 0.2) is 5.65 Å². The van der Waals surface area contributed by atoms with E-state index in [9.17, 15) is 13.2 Å². The van der Waals surface area contributed by atoms with E-state index in [0.717, 1.165) is 6.07 Å². The topological polar surface area (TPSA) is 39.9 Å². The third-order valence-electron chi connectivity index (χ3n) is 3.07.